The Bertz CT molecular complexity index is 449. The summed E-state index contributed by atoms with van der Waals surface area (Å²) in [5.41, 5.74) is 0.931. The number of nitrogens with zero attached hydrogens (tertiary/aromatic N) is 3. The van der Waals surface area contributed by atoms with Crippen molar-refractivity contribution >= 4 is 5.82 Å². The third-order valence-electron chi connectivity index (χ3n) is 2.12. The van der Waals surface area contributed by atoms with Gasteiger partial charge >= 0.3 is 0 Å². The van der Waals surface area contributed by atoms with Crippen LogP contribution in [0, 0.1) is 6.92 Å². The van der Waals surface area contributed by atoms with E-state index in [1.807, 2.05) is 13.0 Å². The Balaban J connectivity index is 2.29. The van der Waals surface area contributed by atoms with Crippen molar-refractivity contribution in [3.05, 3.63) is 24.2 Å². The molecule has 0 atom stereocenters. The van der Waals surface area contributed by atoms with Crippen LogP contribution in [0.4, 0.5) is 5.82 Å². The number of hydrogen-bond acceptors (Lipinski definition) is 4. The Morgan fingerprint density at radius 1 is 1.38 bits per heavy atom. The molecule has 5 nitrogen and oxygen atoms in total. The highest BCUT2D eigenvalue weighted by Crippen LogP contribution is 2.13. The molecule has 16 heavy (non-hydrogen) atoms. The van der Waals surface area contributed by atoms with E-state index in [1.165, 1.54) is 0 Å². The first-order valence-electron chi connectivity index (χ1n) is 5.39. The molecule has 2 aromatic rings. The minimum atomic E-state index is 0.628. The lowest BCUT2D eigenvalue weighted by atomic mass is 10.4. The molecule has 2 N–H and O–H groups in total. The van der Waals surface area contributed by atoms with E-state index in [0.29, 0.717) is 11.6 Å². The second-order valence-corrected chi connectivity index (χ2v) is 3.58. The second-order valence-electron chi connectivity index (χ2n) is 3.58. The minimum Gasteiger partial charge on any atom is -0.370 e. The lowest BCUT2D eigenvalue weighted by Crippen LogP contribution is -2.04. The summed E-state index contributed by atoms with van der Waals surface area (Å²) in [4.78, 5) is 15.9. The summed E-state index contributed by atoms with van der Waals surface area (Å²) in [6.45, 7) is 4.98. The van der Waals surface area contributed by atoms with Crippen molar-refractivity contribution in [1.29, 1.82) is 0 Å². The highest BCUT2D eigenvalue weighted by Gasteiger charge is 2.06. The average molecular weight is 217 g/mol. The van der Waals surface area contributed by atoms with Gasteiger partial charge in [0.25, 0.3) is 0 Å². The van der Waals surface area contributed by atoms with Crippen LogP contribution < -0.4 is 5.32 Å². The number of aryl methyl sites for hydroxylation is 1. The Hall–Kier alpha value is -1.91. The summed E-state index contributed by atoms with van der Waals surface area (Å²) in [7, 11) is 0. The molecule has 2 rings (SSSR count). The molecule has 2 heterocycles. The van der Waals surface area contributed by atoms with Crippen molar-refractivity contribution in [1.82, 2.24) is 19.9 Å². The Labute approximate surface area is 94.4 Å². The number of aromatic nitrogens is 4. The topological polar surface area (TPSA) is 66.5 Å². The molecule has 5 heteroatoms. The molecule has 0 bridgehead atoms. The SMILES string of the molecule is CCCNc1cc(C)nc(-c2ncc[nH]2)n1. The van der Waals surface area contributed by atoms with Crippen molar-refractivity contribution < 1.29 is 0 Å². The molecular weight excluding hydrogens is 202 g/mol. The van der Waals surface area contributed by atoms with Crippen molar-refractivity contribution in [3.8, 4) is 11.6 Å². The summed E-state index contributed by atoms with van der Waals surface area (Å²) < 4.78 is 0. The van der Waals surface area contributed by atoms with Gasteiger partial charge in [0.1, 0.15) is 5.82 Å². The summed E-state index contributed by atoms with van der Waals surface area (Å²) >= 11 is 0. The molecule has 0 saturated heterocycles. The van der Waals surface area contributed by atoms with Gasteiger partial charge in [-0.3, -0.25) is 0 Å². The van der Waals surface area contributed by atoms with E-state index < -0.39 is 0 Å². The predicted octanol–water partition coefficient (Wildman–Crippen LogP) is 2.00. The van der Waals surface area contributed by atoms with Crippen LogP contribution >= 0.6 is 0 Å². The van der Waals surface area contributed by atoms with Crippen LogP contribution in [0.3, 0.4) is 0 Å². The van der Waals surface area contributed by atoms with Gasteiger partial charge in [-0.05, 0) is 13.3 Å². The van der Waals surface area contributed by atoms with Crippen molar-refractivity contribution in [2.75, 3.05) is 11.9 Å². The first-order chi connectivity index (χ1) is 7.79. The van der Waals surface area contributed by atoms with Gasteiger partial charge in [0.2, 0.25) is 0 Å². The van der Waals surface area contributed by atoms with Gasteiger partial charge in [-0.1, -0.05) is 6.92 Å². The Morgan fingerprint density at radius 3 is 2.94 bits per heavy atom. The lowest BCUT2D eigenvalue weighted by Gasteiger charge is -2.06. The maximum Gasteiger partial charge on any atom is 0.197 e. The summed E-state index contributed by atoms with van der Waals surface area (Å²) in [5.74, 6) is 2.17. The summed E-state index contributed by atoms with van der Waals surface area (Å²) in [5, 5.41) is 3.24. The minimum absolute atomic E-state index is 0.628. The molecule has 0 radical (unpaired) electrons. The van der Waals surface area contributed by atoms with E-state index in [4.69, 9.17) is 0 Å². The first kappa shape index (κ1) is 10.6. The van der Waals surface area contributed by atoms with E-state index in [-0.39, 0.29) is 0 Å². The van der Waals surface area contributed by atoms with Crippen LogP contribution in [-0.2, 0) is 0 Å². The summed E-state index contributed by atoms with van der Waals surface area (Å²) in [6, 6.07) is 1.93. The van der Waals surface area contributed by atoms with Gasteiger partial charge in [-0.15, -0.1) is 0 Å². The Morgan fingerprint density at radius 2 is 2.25 bits per heavy atom. The van der Waals surface area contributed by atoms with Gasteiger partial charge in [0.05, 0.1) is 0 Å². The van der Waals surface area contributed by atoms with Crippen molar-refractivity contribution in [3.63, 3.8) is 0 Å². The highest BCUT2D eigenvalue weighted by molar-refractivity contribution is 5.48. The zero-order valence-corrected chi connectivity index (χ0v) is 9.49. The Kier molecular flexibility index (Phi) is 3.14. The third kappa shape index (κ3) is 2.36. The van der Waals surface area contributed by atoms with Gasteiger partial charge in [-0.2, -0.15) is 0 Å². The molecule has 84 valence electrons. The zero-order chi connectivity index (χ0) is 11.4. The van der Waals surface area contributed by atoms with Crippen LogP contribution in [0.5, 0.6) is 0 Å². The average Bonchev–Trinajstić information content (AvgIpc) is 2.79. The van der Waals surface area contributed by atoms with E-state index in [9.17, 15) is 0 Å². The number of hydrogen-bond donors (Lipinski definition) is 2. The monoisotopic (exact) mass is 217 g/mol. The normalized spacial score (nSPS) is 10.4. The molecule has 0 aliphatic carbocycles. The quantitative estimate of drug-likeness (QED) is 0.822. The van der Waals surface area contributed by atoms with Crippen LogP contribution in [0.15, 0.2) is 18.5 Å². The van der Waals surface area contributed by atoms with Crippen molar-refractivity contribution in [2.45, 2.75) is 20.3 Å². The standard InChI is InChI=1S/C11H15N5/c1-3-4-12-9-7-8(2)15-11(16-9)10-13-5-6-14-10/h5-7H,3-4H2,1-2H3,(H,13,14)(H,12,15,16). The van der Waals surface area contributed by atoms with E-state index in [2.05, 4.69) is 32.2 Å². The number of anilines is 1. The van der Waals surface area contributed by atoms with Crippen LogP contribution in [-0.4, -0.2) is 26.5 Å². The summed E-state index contributed by atoms with van der Waals surface area (Å²) in [6.07, 6.45) is 4.53. The van der Waals surface area contributed by atoms with Crippen LogP contribution in [0.2, 0.25) is 0 Å². The molecular formula is C11H15N5. The smallest absolute Gasteiger partial charge is 0.197 e. The fraction of sp³-hybridized carbons (Fsp3) is 0.364. The molecule has 0 aromatic carbocycles. The fourth-order valence-corrected chi connectivity index (χ4v) is 1.41. The van der Waals surface area contributed by atoms with E-state index >= 15 is 0 Å². The van der Waals surface area contributed by atoms with Gasteiger partial charge in [-0.25, -0.2) is 15.0 Å². The number of rotatable bonds is 4. The van der Waals surface area contributed by atoms with Gasteiger partial charge in [0.15, 0.2) is 11.6 Å². The maximum absolute atomic E-state index is 4.40. The van der Waals surface area contributed by atoms with Crippen molar-refractivity contribution in [2.24, 2.45) is 0 Å². The molecule has 0 spiro atoms. The molecule has 0 fully saturated rings. The highest BCUT2D eigenvalue weighted by atomic mass is 15.1. The number of aromatic amines is 1. The molecule has 2 aromatic heterocycles. The van der Waals surface area contributed by atoms with E-state index in [1.54, 1.807) is 12.4 Å². The maximum atomic E-state index is 4.40. The fourth-order valence-electron chi connectivity index (χ4n) is 1.41. The number of H-pyrrole nitrogens is 1. The molecule has 0 unspecified atom stereocenters. The van der Waals surface area contributed by atoms with Gasteiger partial charge in [0, 0.05) is 30.7 Å². The van der Waals surface area contributed by atoms with Gasteiger partial charge < -0.3 is 10.3 Å². The molecule has 0 amide bonds. The number of nitrogens with one attached hydrogen (secondary N) is 2. The molecule has 0 saturated carbocycles. The predicted molar refractivity (Wildman–Crippen MR) is 63.1 cm³/mol. The molecule has 0 aliphatic rings. The van der Waals surface area contributed by atoms with Crippen LogP contribution in [0.1, 0.15) is 19.0 Å². The largest absolute Gasteiger partial charge is 0.370 e. The lowest BCUT2D eigenvalue weighted by molar-refractivity contribution is 0.960. The van der Waals surface area contributed by atoms with E-state index in [0.717, 1.165) is 24.5 Å². The third-order valence-corrected chi connectivity index (χ3v) is 2.12. The van der Waals surface area contributed by atoms with Crippen LogP contribution in [0.25, 0.3) is 11.6 Å². The number of imidazole rings is 1. The molecule has 0 aliphatic heterocycles. The zero-order valence-electron chi connectivity index (χ0n) is 9.49. The second kappa shape index (κ2) is 4.74. The first-order valence-corrected chi connectivity index (χ1v) is 5.39.